The fourth-order valence-corrected chi connectivity index (χ4v) is 14.5. The zero-order valence-corrected chi connectivity index (χ0v) is 22.0. The maximum Gasteiger partial charge on any atom is 0.341 e. The third-order valence-electron chi connectivity index (χ3n) is 4.96. The SMILES string of the molecule is ClN1P(Cl)N(Oc2ccccc2)P(Oc2ccccc2)N=P1(c1ccccc1)c1ccccc1. The molecule has 2 unspecified atom stereocenters. The molecule has 10 heteroatoms. The van der Waals surface area contributed by atoms with Gasteiger partial charge >= 0.3 is 8.45 Å². The highest BCUT2D eigenvalue weighted by Crippen LogP contribution is 2.79. The standard InChI is InChI=1S/C24H20Cl2N3O2P3/c25-28-32(26)29(30-21-13-5-1-6-14-21)33(31-22-15-7-2-8-16-22)27-34(28,23-17-9-3-10-18-23)24-19-11-4-12-20-24/h1-20H. The Hall–Kier alpha value is -1.93. The first-order chi connectivity index (χ1) is 16.7. The Morgan fingerprint density at radius 1 is 0.647 bits per heavy atom. The Kier molecular flexibility index (Phi) is 7.54. The molecule has 0 aromatic heterocycles. The molecule has 172 valence electrons. The van der Waals surface area contributed by atoms with Crippen LogP contribution >= 0.6 is 46.2 Å². The molecule has 0 N–H and O–H groups in total. The van der Waals surface area contributed by atoms with Gasteiger partial charge in [0.15, 0.2) is 0 Å². The first-order valence-electron chi connectivity index (χ1n) is 10.4. The van der Waals surface area contributed by atoms with Crippen LogP contribution in [0.4, 0.5) is 0 Å². The minimum Gasteiger partial charge on any atom is -0.437 e. The van der Waals surface area contributed by atoms with Crippen LogP contribution in [-0.2, 0) is 0 Å². The van der Waals surface area contributed by atoms with Crippen molar-refractivity contribution in [2.45, 2.75) is 0 Å². The molecule has 0 fully saturated rings. The van der Waals surface area contributed by atoms with Crippen molar-refractivity contribution in [3.05, 3.63) is 121 Å². The number of halogens is 2. The Morgan fingerprint density at radius 2 is 1.09 bits per heavy atom. The lowest BCUT2D eigenvalue weighted by molar-refractivity contribution is 0.130. The molecule has 2 atom stereocenters. The van der Waals surface area contributed by atoms with Crippen molar-refractivity contribution in [1.29, 1.82) is 0 Å². The lowest BCUT2D eigenvalue weighted by Gasteiger charge is -2.43. The summed E-state index contributed by atoms with van der Waals surface area (Å²) in [4.78, 5) is 6.22. The van der Waals surface area contributed by atoms with Crippen molar-refractivity contribution in [2.75, 3.05) is 0 Å². The highest BCUT2D eigenvalue weighted by atomic mass is 35.7. The number of hydrogen-bond acceptors (Lipinski definition) is 5. The average Bonchev–Trinajstić information content (AvgIpc) is 2.90. The average molecular weight is 546 g/mol. The lowest BCUT2D eigenvalue weighted by atomic mass is 10.3. The van der Waals surface area contributed by atoms with Crippen LogP contribution in [0.5, 0.6) is 11.5 Å². The van der Waals surface area contributed by atoms with Crippen LogP contribution in [0.2, 0.25) is 0 Å². The van der Waals surface area contributed by atoms with Crippen molar-refractivity contribution in [1.82, 2.24) is 8.56 Å². The van der Waals surface area contributed by atoms with Gasteiger partial charge in [-0.15, -0.1) is 3.96 Å². The Bertz CT molecular complexity index is 1230. The van der Waals surface area contributed by atoms with Crippen molar-refractivity contribution in [3.63, 3.8) is 0 Å². The predicted molar refractivity (Wildman–Crippen MR) is 145 cm³/mol. The van der Waals surface area contributed by atoms with E-state index in [1.54, 1.807) is 8.56 Å². The van der Waals surface area contributed by atoms with Crippen LogP contribution < -0.4 is 20.0 Å². The van der Waals surface area contributed by atoms with E-state index in [2.05, 4.69) is 0 Å². The number of hydrogen-bond donors (Lipinski definition) is 0. The van der Waals surface area contributed by atoms with Crippen LogP contribution in [0.25, 0.3) is 0 Å². The number of rotatable bonds is 6. The molecule has 34 heavy (non-hydrogen) atoms. The summed E-state index contributed by atoms with van der Waals surface area (Å²) in [6, 6.07) is 39.1. The maximum absolute atomic E-state index is 7.11. The molecule has 0 saturated heterocycles. The summed E-state index contributed by atoms with van der Waals surface area (Å²) in [7, 11) is -6.02. The van der Waals surface area contributed by atoms with Crippen LogP contribution in [-0.4, -0.2) is 8.56 Å². The van der Waals surface area contributed by atoms with Crippen molar-refractivity contribution < 1.29 is 9.36 Å². The summed E-state index contributed by atoms with van der Waals surface area (Å²) in [6.45, 7) is 0. The normalized spacial score (nSPS) is 20.3. The first kappa shape index (κ1) is 23.8. The van der Waals surface area contributed by atoms with Gasteiger partial charge in [0, 0.05) is 10.6 Å². The topological polar surface area (TPSA) is 37.3 Å². The summed E-state index contributed by atoms with van der Waals surface area (Å²) in [5.74, 6) is 1.31. The number of nitrogens with zero attached hydrogens (tertiary/aromatic N) is 3. The highest BCUT2D eigenvalue weighted by molar-refractivity contribution is 7.99. The third-order valence-corrected chi connectivity index (χ3v) is 15.6. The molecule has 0 amide bonds. The van der Waals surface area contributed by atoms with E-state index in [-0.39, 0.29) is 0 Å². The third kappa shape index (κ3) is 4.76. The second-order valence-corrected chi connectivity index (χ2v) is 15.2. The molecule has 1 aliphatic rings. The molecule has 0 aliphatic carbocycles. The summed E-state index contributed by atoms with van der Waals surface area (Å²) in [5.41, 5.74) is 0. The van der Waals surface area contributed by atoms with Crippen LogP contribution in [0.1, 0.15) is 0 Å². The fraction of sp³-hybridized carbons (Fsp3) is 0. The minimum absolute atomic E-state index is 0.630. The van der Waals surface area contributed by atoms with E-state index in [9.17, 15) is 0 Å². The first-order valence-corrected chi connectivity index (χ1v) is 15.8. The van der Waals surface area contributed by atoms with Gasteiger partial charge in [-0.05, 0) is 40.6 Å². The van der Waals surface area contributed by atoms with Gasteiger partial charge in [0.2, 0.25) is 7.58 Å². The molecule has 0 bridgehead atoms. The predicted octanol–water partition coefficient (Wildman–Crippen LogP) is 8.29. The Morgan fingerprint density at radius 3 is 1.59 bits per heavy atom. The molecular formula is C24H20Cl2N3O2P3. The molecule has 1 heterocycles. The number of benzene rings is 4. The minimum atomic E-state index is -2.67. The summed E-state index contributed by atoms with van der Waals surface area (Å²) in [6.07, 6.45) is 0. The zero-order chi connectivity index (χ0) is 23.4. The van der Waals surface area contributed by atoms with Crippen molar-refractivity contribution >= 4 is 56.9 Å². The van der Waals surface area contributed by atoms with Gasteiger partial charge in [-0.3, -0.25) is 0 Å². The molecule has 4 aromatic carbocycles. The van der Waals surface area contributed by atoms with E-state index in [0.29, 0.717) is 11.5 Å². The Labute approximate surface area is 211 Å². The van der Waals surface area contributed by atoms with Gasteiger partial charge in [0.1, 0.15) is 18.7 Å². The van der Waals surface area contributed by atoms with E-state index >= 15 is 0 Å². The van der Waals surface area contributed by atoms with Gasteiger partial charge in [-0.2, -0.15) is 4.52 Å². The highest BCUT2D eigenvalue weighted by Gasteiger charge is 2.49. The number of para-hydroxylation sites is 2. The van der Waals surface area contributed by atoms with Gasteiger partial charge in [0.05, 0.1) is 0 Å². The zero-order valence-electron chi connectivity index (χ0n) is 17.8. The van der Waals surface area contributed by atoms with Crippen LogP contribution in [0.3, 0.4) is 0 Å². The molecule has 1 aliphatic heterocycles. The van der Waals surface area contributed by atoms with Gasteiger partial charge < -0.3 is 9.36 Å². The molecule has 0 saturated carbocycles. The van der Waals surface area contributed by atoms with Crippen LogP contribution in [0.15, 0.2) is 126 Å². The van der Waals surface area contributed by atoms with Gasteiger partial charge in [-0.25, -0.2) is 0 Å². The van der Waals surface area contributed by atoms with E-state index in [1.165, 1.54) is 0 Å². The molecule has 5 rings (SSSR count). The molecule has 4 aromatic rings. The molecule has 0 spiro atoms. The largest absolute Gasteiger partial charge is 0.437 e. The van der Waals surface area contributed by atoms with Gasteiger partial charge in [0.25, 0.3) is 0 Å². The van der Waals surface area contributed by atoms with E-state index in [1.807, 2.05) is 121 Å². The monoisotopic (exact) mass is 545 g/mol. The molecular weight excluding hydrogens is 526 g/mol. The Balaban J connectivity index is 1.70. The van der Waals surface area contributed by atoms with Crippen molar-refractivity contribution in [3.8, 4) is 11.5 Å². The summed E-state index contributed by atoms with van der Waals surface area (Å²) >= 11 is 14.2. The van der Waals surface area contributed by atoms with Crippen LogP contribution in [0, 0.1) is 0 Å². The molecule has 0 radical (unpaired) electrons. The lowest BCUT2D eigenvalue weighted by Crippen LogP contribution is -2.31. The second-order valence-electron chi connectivity index (χ2n) is 7.16. The fourth-order valence-electron chi connectivity index (χ4n) is 3.40. The maximum atomic E-state index is 7.11. The van der Waals surface area contributed by atoms with E-state index in [0.717, 1.165) is 10.6 Å². The summed E-state index contributed by atoms with van der Waals surface area (Å²) < 4.78 is 15.0. The smallest absolute Gasteiger partial charge is 0.341 e. The quantitative estimate of drug-likeness (QED) is 0.180. The van der Waals surface area contributed by atoms with Crippen molar-refractivity contribution in [2.24, 2.45) is 4.52 Å². The van der Waals surface area contributed by atoms with Gasteiger partial charge in [-0.1, -0.05) is 108 Å². The summed E-state index contributed by atoms with van der Waals surface area (Å²) in [5, 5.41) is 1.99. The molecule has 5 nitrogen and oxygen atoms in total. The van der Waals surface area contributed by atoms with E-state index < -0.39 is 23.2 Å². The second kappa shape index (κ2) is 10.8. The van der Waals surface area contributed by atoms with E-state index in [4.69, 9.17) is 36.9 Å².